The molecule has 2 nitrogen and oxygen atoms in total. The number of nitrogens with zero attached hydrogens (tertiary/aromatic N) is 2. The van der Waals surface area contributed by atoms with Crippen molar-refractivity contribution in [1.82, 2.24) is 9.80 Å². The highest BCUT2D eigenvalue weighted by Crippen LogP contribution is 2.25. The minimum Gasteiger partial charge on any atom is -0.377 e. The van der Waals surface area contributed by atoms with Crippen molar-refractivity contribution in [3.8, 4) is 0 Å². The summed E-state index contributed by atoms with van der Waals surface area (Å²) in [5.74, 6) is 0. The van der Waals surface area contributed by atoms with Crippen LogP contribution in [-0.2, 0) is 11.8 Å². The maximum Gasteiger partial charge on any atom is 0.0347 e. The van der Waals surface area contributed by atoms with E-state index < -0.39 is 0 Å². The molecule has 0 fully saturated rings. The number of hydrogen-bond donors (Lipinski definition) is 0. The van der Waals surface area contributed by atoms with Crippen molar-refractivity contribution in [3.63, 3.8) is 0 Å². The number of allylic oxidation sites excluding steroid dienone is 2. The predicted molar refractivity (Wildman–Crippen MR) is 116 cm³/mol. The van der Waals surface area contributed by atoms with Crippen LogP contribution in [-0.4, -0.2) is 37.0 Å². The van der Waals surface area contributed by atoms with Crippen molar-refractivity contribution < 1.29 is 0 Å². The molecule has 0 aliphatic rings. The van der Waals surface area contributed by atoms with Crippen LogP contribution in [0.2, 0.25) is 0 Å². The highest BCUT2D eigenvalue weighted by Gasteiger charge is 2.18. The highest BCUT2D eigenvalue weighted by atomic mass is 15.2. The van der Waals surface area contributed by atoms with Crippen LogP contribution in [0.1, 0.15) is 59.1 Å². The smallest absolute Gasteiger partial charge is 0.0347 e. The quantitative estimate of drug-likeness (QED) is 0.576. The summed E-state index contributed by atoms with van der Waals surface area (Å²) in [6.07, 6.45) is 2.04. The first-order chi connectivity index (χ1) is 11.8. The SMILES string of the molecule is C=C(CCc1ccc(C(C)(C)C)cc1)N(C)CCN(C)C(=C)C(C)(C)C. The summed E-state index contributed by atoms with van der Waals surface area (Å²) in [4.78, 5) is 4.53. The van der Waals surface area contributed by atoms with Gasteiger partial charge in [-0.25, -0.2) is 0 Å². The van der Waals surface area contributed by atoms with Crippen molar-refractivity contribution in [3.05, 3.63) is 59.9 Å². The molecule has 0 amide bonds. The molecule has 1 aromatic carbocycles. The maximum atomic E-state index is 4.28. The first-order valence-corrected chi connectivity index (χ1v) is 9.71. The molecule has 0 spiro atoms. The standard InChI is InChI=1S/C24H40N2/c1-19(25(9)17-18-26(10)20(2)23(3,4)5)11-12-21-13-15-22(16-14-21)24(6,7)8/h13-16H,1-2,11-12,17-18H2,3-10H3. The molecule has 0 radical (unpaired) electrons. The summed E-state index contributed by atoms with van der Waals surface area (Å²) in [5, 5.41) is 0. The van der Waals surface area contributed by atoms with Crippen LogP contribution in [0.3, 0.4) is 0 Å². The molecule has 1 aromatic rings. The molecule has 0 bridgehead atoms. The van der Waals surface area contributed by atoms with E-state index >= 15 is 0 Å². The Morgan fingerprint density at radius 3 is 1.81 bits per heavy atom. The lowest BCUT2D eigenvalue weighted by molar-refractivity contribution is 0.277. The van der Waals surface area contributed by atoms with Gasteiger partial charge in [-0.3, -0.25) is 0 Å². The predicted octanol–water partition coefficient (Wildman–Crippen LogP) is 5.85. The van der Waals surface area contributed by atoms with Gasteiger partial charge in [-0.05, 0) is 29.4 Å². The summed E-state index contributed by atoms with van der Waals surface area (Å²) in [6, 6.07) is 9.04. The minimum absolute atomic E-state index is 0.115. The van der Waals surface area contributed by atoms with Crippen molar-refractivity contribution in [1.29, 1.82) is 0 Å². The molecule has 0 aliphatic carbocycles. The van der Waals surface area contributed by atoms with Gasteiger partial charge in [0.2, 0.25) is 0 Å². The second-order valence-electron chi connectivity index (χ2n) is 9.55. The number of likely N-dealkylation sites (N-methyl/N-ethyl adjacent to an activating group) is 2. The van der Waals surface area contributed by atoms with Crippen molar-refractivity contribution in [2.75, 3.05) is 27.2 Å². The Morgan fingerprint density at radius 1 is 0.846 bits per heavy atom. The molecule has 0 saturated carbocycles. The Kier molecular flexibility index (Phi) is 7.56. The van der Waals surface area contributed by atoms with Gasteiger partial charge in [0.05, 0.1) is 0 Å². The molecule has 0 atom stereocenters. The van der Waals surface area contributed by atoms with E-state index in [-0.39, 0.29) is 10.8 Å². The van der Waals surface area contributed by atoms with Crippen molar-refractivity contribution in [2.45, 2.75) is 59.8 Å². The zero-order valence-corrected chi connectivity index (χ0v) is 18.4. The fourth-order valence-electron chi connectivity index (χ4n) is 2.82. The van der Waals surface area contributed by atoms with Crippen LogP contribution in [0.4, 0.5) is 0 Å². The van der Waals surface area contributed by atoms with Gasteiger partial charge in [-0.1, -0.05) is 79.0 Å². The van der Waals surface area contributed by atoms with E-state index in [1.165, 1.54) is 22.5 Å². The van der Waals surface area contributed by atoms with Crippen LogP contribution in [0, 0.1) is 5.41 Å². The maximum absolute atomic E-state index is 4.28. The minimum atomic E-state index is 0.115. The van der Waals surface area contributed by atoms with Crippen molar-refractivity contribution >= 4 is 0 Å². The molecular weight excluding hydrogens is 316 g/mol. The Balaban J connectivity index is 2.46. The monoisotopic (exact) mass is 356 g/mol. The lowest BCUT2D eigenvalue weighted by atomic mass is 9.86. The normalized spacial score (nSPS) is 12.0. The van der Waals surface area contributed by atoms with Gasteiger partial charge in [-0.2, -0.15) is 0 Å². The molecule has 1 rings (SSSR count). The molecular formula is C24H40N2. The molecule has 0 heterocycles. The highest BCUT2D eigenvalue weighted by molar-refractivity contribution is 5.27. The van der Waals surface area contributed by atoms with Crippen LogP contribution in [0.15, 0.2) is 48.8 Å². The molecule has 0 N–H and O–H groups in total. The van der Waals surface area contributed by atoms with Gasteiger partial charge in [0.25, 0.3) is 0 Å². The first kappa shape index (κ1) is 22.3. The molecule has 2 heteroatoms. The first-order valence-electron chi connectivity index (χ1n) is 9.71. The van der Waals surface area contributed by atoms with Gasteiger partial charge in [0, 0.05) is 44.0 Å². The van der Waals surface area contributed by atoms with Crippen LogP contribution in [0.25, 0.3) is 0 Å². The van der Waals surface area contributed by atoms with E-state index in [2.05, 4.69) is 103 Å². The van der Waals surface area contributed by atoms with Crippen LogP contribution < -0.4 is 0 Å². The summed E-state index contributed by atoms with van der Waals surface area (Å²) in [7, 11) is 4.26. The van der Waals surface area contributed by atoms with Crippen molar-refractivity contribution in [2.24, 2.45) is 5.41 Å². The molecule has 0 aromatic heterocycles. The van der Waals surface area contributed by atoms with E-state index in [4.69, 9.17) is 0 Å². The average molecular weight is 357 g/mol. The van der Waals surface area contributed by atoms with E-state index in [9.17, 15) is 0 Å². The largest absolute Gasteiger partial charge is 0.377 e. The van der Waals surface area contributed by atoms with Gasteiger partial charge >= 0.3 is 0 Å². The van der Waals surface area contributed by atoms with Gasteiger partial charge in [0.1, 0.15) is 0 Å². The number of hydrogen-bond acceptors (Lipinski definition) is 2. The van der Waals surface area contributed by atoms with E-state index in [1.54, 1.807) is 0 Å². The number of rotatable bonds is 8. The lowest BCUT2D eigenvalue weighted by Crippen LogP contribution is -2.33. The fourth-order valence-corrected chi connectivity index (χ4v) is 2.82. The van der Waals surface area contributed by atoms with Gasteiger partial charge in [-0.15, -0.1) is 0 Å². The zero-order valence-electron chi connectivity index (χ0n) is 18.4. The van der Waals surface area contributed by atoms with Crippen LogP contribution in [0.5, 0.6) is 0 Å². The Bertz CT molecular complexity index is 597. The van der Waals surface area contributed by atoms with E-state index in [0.717, 1.165) is 25.9 Å². The van der Waals surface area contributed by atoms with Gasteiger partial charge < -0.3 is 9.80 Å². The summed E-state index contributed by atoms with van der Waals surface area (Å²) >= 11 is 0. The molecule has 0 unspecified atom stereocenters. The summed E-state index contributed by atoms with van der Waals surface area (Å²) < 4.78 is 0. The number of aryl methyl sites for hydroxylation is 1. The average Bonchev–Trinajstić information content (AvgIpc) is 2.55. The third-order valence-corrected chi connectivity index (χ3v) is 5.16. The Hall–Kier alpha value is -1.70. The lowest BCUT2D eigenvalue weighted by Gasteiger charge is -2.33. The van der Waals surface area contributed by atoms with E-state index in [0.29, 0.717) is 0 Å². The third kappa shape index (κ3) is 6.90. The second kappa shape index (κ2) is 8.79. The Morgan fingerprint density at radius 2 is 1.35 bits per heavy atom. The second-order valence-corrected chi connectivity index (χ2v) is 9.55. The summed E-state index contributed by atoms with van der Waals surface area (Å²) in [5.41, 5.74) is 5.47. The fraction of sp³-hybridized carbons (Fsp3) is 0.583. The molecule has 26 heavy (non-hydrogen) atoms. The summed E-state index contributed by atoms with van der Waals surface area (Å²) in [6.45, 7) is 23.8. The molecule has 0 saturated heterocycles. The number of benzene rings is 1. The Labute approximate surface area is 162 Å². The third-order valence-electron chi connectivity index (χ3n) is 5.16. The molecule has 0 aliphatic heterocycles. The van der Waals surface area contributed by atoms with E-state index in [1.807, 2.05) is 0 Å². The molecule has 146 valence electrons. The van der Waals surface area contributed by atoms with Crippen LogP contribution >= 0.6 is 0 Å². The topological polar surface area (TPSA) is 6.48 Å². The zero-order chi connectivity index (χ0) is 20.1. The van der Waals surface area contributed by atoms with Gasteiger partial charge in [0.15, 0.2) is 0 Å².